The number of aliphatic imine (C=N–C) groups is 1. The molecule has 1 aliphatic carbocycles. The summed E-state index contributed by atoms with van der Waals surface area (Å²) in [5.74, 6) is 0.397. The highest BCUT2D eigenvalue weighted by Gasteiger charge is 2.15. The van der Waals surface area contributed by atoms with Crippen molar-refractivity contribution in [2.45, 2.75) is 20.3 Å². The number of benzene rings is 1. The van der Waals surface area contributed by atoms with Gasteiger partial charge in [0.1, 0.15) is 0 Å². The molecule has 0 fully saturated rings. The van der Waals surface area contributed by atoms with Crippen molar-refractivity contribution in [1.29, 1.82) is 0 Å². The highest BCUT2D eigenvalue weighted by Crippen LogP contribution is 2.31. The first-order valence-electron chi connectivity index (χ1n) is 6.69. The van der Waals surface area contributed by atoms with Gasteiger partial charge in [-0.15, -0.1) is 0 Å². The molecule has 0 bridgehead atoms. The van der Waals surface area contributed by atoms with E-state index in [0.717, 1.165) is 22.8 Å². The van der Waals surface area contributed by atoms with Crippen LogP contribution in [0.4, 0.5) is 0 Å². The minimum absolute atomic E-state index is 0.397. The van der Waals surface area contributed by atoms with Gasteiger partial charge >= 0.3 is 0 Å². The van der Waals surface area contributed by atoms with Crippen LogP contribution in [0.15, 0.2) is 58.9 Å². The smallest absolute Gasteiger partial charge is 0.0435 e. The Balaban J connectivity index is 2.18. The average Bonchev–Trinajstić information content (AvgIpc) is 2.41. The molecule has 20 heavy (non-hydrogen) atoms. The van der Waals surface area contributed by atoms with Crippen LogP contribution >= 0.6 is 11.6 Å². The topological polar surface area (TPSA) is 38.4 Å². The van der Waals surface area contributed by atoms with Gasteiger partial charge in [-0.05, 0) is 48.8 Å². The van der Waals surface area contributed by atoms with Crippen LogP contribution in [0.25, 0.3) is 5.57 Å². The van der Waals surface area contributed by atoms with Gasteiger partial charge in [0.05, 0.1) is 0 Å². The molecule has 1 aromatic carbocycles. The molecule has 0 saturated carbocycles. The number of nitrogens with two attached hydrogens (primary N) is 1. The summed E-state index contributed by atoms with van der Waals surface area (Å²) in [4.78, 5) is 4.46. The lowest BCUT2D eigenvalue weighted by molar-refractivity contribution is 0.690. The summed E-state index contributed by atoms with van der Waals surface area (Å²) in [7, 11) is 0. The third-order valence-corrected chi connectivity index (χ3v) is 3.51. The molecule has 2 N–H and O–H groups in total. The lowest BCUT2D eigenvalue weighted by Crippen LogP contribution is -2.04. The summed E-state index contributed by atoms with van der Waals surface area (Å²) in [5.41, 5.74) is 9.96. The van der Waals surface area contributed by atoms with Crippen molar-refractivity contribution in [3.63, 3.8) is 0 Å². The Morgan fingerprint density at radius 2 is 2.00 bits per heavy atom. The molecule has 0 saturated heterocycles. The van der Waals surface area contributed by atoms with E-state index in [9.17, 15) is 0 Å². The first-order valence-corrected chi connectivity index (χ1v) is 7.07. The molecule has 1 atom stereocenters. The number of allylic oxidation sites excluding steroid dienone is 6. The predicted octanol–water partition coefficient (Wildman–Crippen LogP) is 4.58. The van der Waals surface area contributed by atoms with E-state index in [2.05, 4.69) is 36.2 Å². The maximum atomic E-state index is 5.92. The lowest BCUT2D eigenvalue weighted by atomic mass is 9.89. The number of hydrogen-bond donors (Lipinski definition) is 1. The van der Waals surface area contributed by atoms with E-state index in [4.69, 9.17) is 17.3 Å². The normalized spacial score (nSPS) is 19.9. The molecule has 1 unspecified atom stereocenters. The van der Waals surface area contributed by atoms with Crippen LogP contribution in [0.5, 0.6) is 0 Å². The zero-order chi connectivity index (χ0) is 14.5. The Kier molecular flexibility index (Phi) is 4.80. The first-order chi connectivity index (χ1) is 9.56. The Morgan fingerprint density at radius 3 is 2.60 bits per heavy atom. The average molecular weight is 287 g/mol. The summed E-state index contributed by atoms with van der Waals surface area (Å²) < 4.78 is 0. The van der Waals surface area contributed by atoms with Crippen molar-refractivity contribution in [2.75, 3.05) is 0 Å². The largest absolute Gasteiger partial charge is 0.402 e. The number of nitrogens with zero attached hydrogens (tertiary/aromatic N) is 1. The molecule has 1 aliphatic rings. The van der Waals surface area contributed by atoms with Crippen molar-refractivity contribution in [3.05, 3.63) is 64.5 Å². The lowest BCUT2D eigenvalue weighted by Gasteiger charge is -2.19. The fourth-order valence-electron chi connectivity index (χ4n) is 2.14. The number of halogens is 1. The fraction of sp³-hybridized carbons (Fsp3) is 0.235. The van der Waals surface area contributed by atoms with Gasteiger partial charge in [-0.2, -0.15) is 0 Å². The molecule has 0 heterocycles. The van der Waals surface area contributed by atoms with Crippen molar-refractivity contribution in [2.24, 2.45) is 16.6 Å². The second-order valence-corrected chi connectivity index (χ2v) is 5.52. The van der Waals surface area contributed by atoms with Gasteiger partial charge in [0.2, 0.25) is 0 Å². The van der Waals surface area contributed by atoms with Gasteiger partial charge in [0.25, 0.3) is 0 Å². The van der Waals surface area contributed by atoms with E-state index in [1.165, 1.54) is 11.1 Å². The number of hydrogen-bond acceptors (Lipinski definition) is 2. The van der Waals surface area contributed by atoms with Gasteiger partial charge in [-0.25, -0.2) is 0 Å². The molecular formula is C17H19ClN2. The first kappa shape index (κ1) is 14.6. The molecule has 1 aromatic rings. The predicted molar refractivity (Wildman–Crippen MR) is 87.7 cm³/mol. The van der Waals surface area contributed by atoms with Crippen LogP contribution in [-0.4, -0.2) is 6.21 Å². The van der Waals surface area contributed by atoms with Crippen molar-refractivity contribution in [1.82, 2.24) is 0 Å². The SMILES string of the molecule is CC(N)=CC=NC1=CC=C(c2ccc(Cl)cc2)CC1C. The molecule has 2 rings (SSSR count). The molecular weight excluding hydrogens is 268 g/mol. The van der Waals surface area contributed by atoms with E-state index in [0.29, 0.717) is 5.92 Å². The van der Waals surface area contributed by atoms with Gasteiger partial charge in [-0.3, -0.25) is 4.99 Å². The number of rotatable bonds is 3. The second-order valence-electron chi connectivity index (χ2n) is 5.08. The van der Waals surface area contributed by atoms with E-state index >= 15 is 0 Å². The Bertz CT molecular complexity index is 588. The van der Waals surface area contributed by atoms with E-state index < -0.39 is 0 Å². The molecule has 3 heteroatoms. The Labute approximate surface area is 125 Å². The van der Waals surface area contributed by atoms with Crippen molar-refractivity contribution >= 4 is 23.4 Å². The third-order valence-electron chi connectivity index (χ3n) is 3.26. The van der Waals surface area contributed by atoms with Crippen LogP contribution in [0, 0.1) is 5.92 Å². The van der Waals surface area contributed by atoms with Gasteiger partial charge in [0.15, 0.2) is 0 Å². The summed E-state index contributed by atoms with van der Waals surface area (Å²) in [6, 6.07) is 7.97. The minimum atomic E-state index is 0.397. The van der Waals surface area contributed by atoms with Crippen LogP contribution in [-0.2, 0) is 0 Å². The minimum Gasteiger partial charge on any atom is -0.402 e. The van der Waals surface area contributed by atoms with Crippen LogP contribution < -0.4 is 5.73 Å². The molecule has 2 nitrogen and oxygen atoms in total. The quantitative estimate of drug-likeness (QED) is 0.812. The second kappa shape index (κ2) is 6.58. The summed E-state index contributed by atoms with van der Waals surface area (Å²) >= 11 is 5.92. The molecule has 0 aromatic heterocycles. The van der Waals surface area contributed by atoms with Crippen LogP contribution in [0.3, 0.4) is 0 Å². The zero-order valence-electron chi connectivity index (χ0n) is 11.8. The molecule has 0 aliphatic heterocycles. The van der Waals surface area contributed by atoms with E-state index in [1.807, 2.05) is 25.1 Å². The highest BCUT2D eigenvalue weighted by molar-refractivity contribution is 6.30. The molecule has 0 amide bonds. The van der Waals surface area contributed by atoms with E-state index in [-0.39, 0.29) is 0 Å². The Hall–Kier alpha value is -1.80. The summed E-state index contributed by atoms with van der Waals surface area (Å²) in [5, 5.41) is 0.767. The van der Waals surface area contributed by atoms with Crippen molar-refractivity contribution in [3.8, 4) is 0 Å². The highest BCUT2D eigenvalue weighted by atomic mass is 35.5. The monoisotopic (exact) mass is 286 g/mol. The molecule has 0 spiro atoms. The van der Waals surface area contributed by atoms with Crippen LogP contribution in [0.2, 0.25) is 5.02 Å². The summed E-state index contributed by atoms with van der Waals surface area (Å²) in [6.07, 6.45) is 8.77. The van der Waals surface area contributed by atoms with E-state index in [1.54, 1.807) is 6.21 Å². The molecule has 104 valence electrons. The summed E-state index contributed by atoms with van der Waals surface area (Å²) in [6.45, 7) is 4.04. The third kappa shape index (κ3) is 3.84. The van der Waals surface area contributed by atoms with Gasteiger partial charge < -0.3 is 5.73 Å². The zero-order valence-corrected chi connectivity index (χ0v) is 12.6. The fourth-order valence-corrected chi connectivity index (χ4v) is 2.27. The van der Waals surface area contributed by atoms with Gasteiger partial charge in [0, 0.05) is 28.5 Å². The maximum Gasteiger partial charge on any atom is 0.0435 e. The maximum absolute atomic E-state index is 5.92. The standard InChI is InChI=1S/C17H19ClN2/c1-12-11-15(14-3-6-16(18)7-4-14)5-8-17(12)20-10-9-13(2)19/h3-10,12H,11,19H2,1-2H3. The van der Waals surface area contributed by atoms with Crippen LogP contribution in [0.1, 0.15) is 25.8 Å². The van der Waals surface area contributed by atoms with Gasteiger partial charge in [-0.1, -0.05) is 36.7 Å². The molecule has 0 radical (unpaired) electrons. The van der Waals surface area contributed by atoms with Crippen molar-refractivity contribution < 1.29 is 0 Å². The Morgan fingerprint density at radius 1 is 1.30 bits per heavy atom.